The van der Waals surface area contributed by atoms with E-state index in [1.807, 2.05) is 36.5 Å². The van der Waals surface area contributed by atoms with Gasteiger partial charge in [-0.25, -0.2) is 15.0 Å². The second-order valence-corrected chi connectivity index (χ2v) is 19.4. The molecule has 17 nitrogen and oxygen atoms in total. The number of carbonyl (C=O) groups is 3. The summed E-state index contributed by atoms with van der Waals surface area (Å²) in [7, 11) is 1.68. The van der Waals surface area contributed by atoms with Crippen molar-refractivity contribution < 1.29 is 19.1 Å². The Bertz CT molecular complexity index is 3350. The smallest absolute Gasteiger partial charge is 0.274 e. The van der Waals surface area contributed by atoms with Crippen molar-refractivity contribution in [3.63, 3.8) is 0 Å². The van der Waals surface area contributed by atoms with E-state index in [-0.39, 0.29) is 33.4 Å². The van der Waals surface area contributed by atoms with Gasteiger partial charge < -0.3 is 28.7 Å². The molecule has 1 atom stereocenters. The van der Waals surface area contributed by atoms with E-state index >= 15 is 0 Å². The highest BCUT2D eigenvalue weighted by Crippen LogP contribution is 2.35. The second kappa shape index (κ2) is 19.2. The molecule has 7 aromatic heterocycles. The van der Waals surface area contributed by atoms with Crippen molar-refractivity contribution >= 4 is 64.0 Å². The molecule has 12 rings (SSSR count). The Kier molecular flexibility index (Phi) is 12.5. The van der Waals surface area contributed by atoms with E-state index < -0.39 is 0 Å². The fourth-order valence-electron chi connectivity index (χ4n) is 11.0. The van der Waals surface area contributed by atoms with Crippen molar-refractivity contribution in [3.8, 4) is 16.9 Å². The van der Waals surface area contributed by atoms with Gasteiger partial charge in [-0.15, -0.1) is 0 Å². The molecule has 0 spiro atoms. The van der Waals surface area contributed by atoms with Crippen LogP contribution in [0.2, 0.25) is 5.02 Å². The molecule has 0 bridgehead atoms. The second-order valence-electron chi connectivity index (χ2n) is 19.0. The molecule has 1 amide bonds. The summed E-state index contributed by atoms with van der Waals surface area (Å²) >= 11 is 6.04. The summed E-state index contributed by atoms with van der Waals surface area (Å²) in [5, 5.41) is 4.14. The molecule has 2 fully saturated rings. The summed E-state index contributed by atoms with van der Waals surface area (Å²) in [6, 6.07) is 15.7. The number of aldehydes is 2. The fraction of sp³-hybridized carbons (Fsp3) is 0.358. The summed E-state index contributed by atoms with van der Waals surface area (Å²) in [5.41, 5.74) is 7.86. The molecular weight excluding hydrogens is 922 g/mol. The van der Waals surface area contributed by atoms with Gasteiger partial charge in [0.15, 0.2) is 18.4 Å². The Balaban J connectivity index is 0.000000198. The third kappa shape index (κ3) is 8.44. The van der Waals surface area contributed by atoms with Gasteiger partial charge in [0.05, 0.1) is 63.8 Å². The maximum atomic E-state index is 13.8. The predicted molar refractivity (Wildman–Crippen MR) is 272 cm³/mol. The van der Waals surface area contributed by atoms with Crippen LogP contribution in [-0.4, -0.2) is 108 Å². The normalized spacial score (nSPS) is 18.0. The van der Waals surface area contributed by atoms with Crippen molar-refractivity contribution in [1.29, 1.82) is 0 Å². The summed E-state index contributed by atoms with van der Waals surface area (Å²) in [6.07, 6.45) is 16.9. The average molecular weight is 977 g/mol. The minimum absolute atomic E-state index is 0.132. The van der Waals surface area contributed by atoms with E-state index in [1.54, 1.807) is 42.7 Å². The molecule has 364 valence electrons. The molecular formula is C53H54ClN11O6. The predicted octanol–water partition coefficient (Wildman–Crippen LogP) is 6.64. The molecule has 0 radical (unpaired) electrons. The highest BCUT2D eigenvalue weighted by molar-refractivity contribution is 6.33. The minimum atomic E-state index is -0.229. The van der Waals surface area contributed by atoms with Gasteiger partial charge in [0.25, 0.3) is 17.0 Å². The number of pyridine rings is 5. The van der Waals surface area contributed by atoms with Gasteiger partial charge in [-0.2, -0.15) is 0 Å². The number of ether oxygens (including phenoxy) is 1. The lowest BCUT2D eigenvalue weighted by Crippen LogP contribution is -2.59. The number of anilines is 4. The van der Waals surface area contributed by atoms with Gasteiger partial charge in [-0.05, 0) is 99.5 Å². The molecule has 0 saturated carbocycles. The van der Waals surface area contributed by atoms with Crippen molar-refractivity contribution in [1.82, 2.24) is 38.1 Å². The third-order valence-corrected chi connectivity index (χ3v) is 15.1. The first kappa shape index (κ1) is 46.2. The Morgan fingerprint density at radius 2 is 1.52 bits per heavy atom. The van der Waals surface area contributed by atoms with Crippen LogP contribution >= 0.6 is 11.6 Å². The number of aromatic nitrogens is 7. The number of amides is 1. The average Bonchev–Trinajstić information content (AvgIpc) is 3.95. The lowest BCUT2D eigenvalue weighted by atomic mass is 10.0. The molecule has 12 heterocycles. The Morgan fingerprint density at radius 3 is 2.25 bits per heavy atom. The zero-order chi connectivity index (χ0) is 48.9. The van der Waals surface area contributed by atoms with Crippen LogP contribution in [0.3, 0.4) is 0 Å². The fourth-order valence-corrected chi connectivity index (χ4v) is 11.2. The lowest BCUT2D eigenvalue weighted by molar-refractivity contribution is -0.0691. The largest absolute Gasteiger partial charge is 0.378 e. The first-order valence-corrected chi connectivity index (χ1v) is 24.8. The maximum Gasteiger partial charge on any atom is 0.274 e. The van der Waals surface area contributed by atoms with Crippen LogP contribution < -0.4 is 26.2 Å². The molecule has 1 N–H and O–H groups in total. The number of aryl methyl sites for hydroxylation is 4. The highest BCUT2D eigenvalue weighted by atomic mass is 35.5. The molecule has 5 aliphatic rings. The van der Waals surface area contributed by atoms with Gasteiger partial charge in [0.1, 0.15) is 17.3 Å². The number of piperazine rings is 1. The zero-order valence-corrected chi connectivity index (χ0v) is 40.5. The molecule has 5 aliphatic heterocycles. The number of hydrogen-bond acceptors (Lipinski definition) is 12. The first-order chi connectivity index (χ1) is 34.6. The summed E-state index contributed by atoms with van der Waals surface area (Å²) in [6.45, 7) is 9.10. The van der Waals surface area contributed by atoms with E-state index in [0.717, 1.165) is 108 Å². The van der Waals surface area contributed by atoms with E-state index in [1.165, 1.54) is 32.8 Å². The van der Waals surface area contributed by atoms with Crippen LogP contribution in [0.4, 0.5) is 23.0 Å². The minimum Gasteiger partial charge on any atom is -0.378 e. The van der Waals surface area contributed by atoms with Gasteiger partial charge >= 0.3 is 0 Å². The number of hydrogen-bond donors (Lipinski definition) is 1. The lowest BCUT2D eigenvalue weighted by Gasteiger charge is -2.46. The van der Waals surface area contributed by atoms with Crippen molar-refractivity contribution in [3.05, 3.63) is 139 Å². The molecule has 18 heteroatoms. The van der Waals surface area contributed by atoms with Crippen molar-refractivity contribution in [2.24, 2.45) is 7.05 Å². The summed E-state index contributed by atoms with van der Waals surface area (Å²) < 4.78 is 12.8. The zero-order valence-electron chi connectivity index (χ0n) is 39.7. The number of rotatable bonds is 9. The summed E-state index contributed by atoms with van der Waals surface area (Å²) in [5.74, 6) is 1.01. The standard InChI is InChI=1S/C36H40N8O4.C17H14ClN3O2/c1-23-18-41(27-21-48-22-27)13-14-42(23)26-6-7-33(38-17-26)39-31-15-24(19-40(2)36(31)47)28-8-10-37-34(30(28)20-45)44-12-9-32-29(35(44)46)16-25-5-3-4-11-43(25)32;18-14-4-6-19-16(13(14)10-22)21-8-5-15-12(17(21)23)9-11-3-1-2-7-20(11)15/h6-8,10,15-17,19-20,23,27H,3-5,9,11-14,18,21-22H2,1-2H3,(H,38,39);4-6,8-10H,1-3,7H2/t23-;/m0./s1. The number of halogens is 1. The Hall–Kier alpha value is -7.21. The first-order valence-electron chi connectivity index (χ1n) is 24.4. The van der Waals surface area contributed by atoms with Crippen LogP contribution in [0, 0.1) is 0 Å². The monoisotopic (exact) mass is 975 g/mol. The van der Waals surface area contributed by atoms with Crippen LogP contribution in [0.25, 0.3) is 27.8 Å². The van der Waals surface area contributed by atoms with E-state index in [9.17, 15) is 24.0 Å². The van der Waals surface area contributed by atoms with Crippen LogP contribution in [0.15, 0.2) is 89.1 Å². The van der Waals surface area contributed by atoms with Crippen LogP contribution in [0.1, 0.15) is 80.8 Å². The SMILES string of the molecule is C[C@H]1CN(C2COC2)CCN1c1ccc(Nc2cc(-c3ccnc(N4CCc5c(cc6n5CCCC6)C4=O)c3C=O)cn(C)c2=O)nc1.O=Cc1c(Cl)ccnc1-n1ccc2c(cc3n2CCCC3)c1=O. The number of nitrogens with one attached hydrogen (secondary N) is 1. The quantitative estimate of drug-likeness (QED) is 0.153. The molecule has 2 saturated heterocycles. The van der Waals surface area contributed by atoms with Crippen molar-refractivity contribution in [2.75, 3.05) is 54.5 Å². The number of carbonyl (C=O) groups excluding carboxylic acids is 3. The number of fused-ring (bicyclic) bond motifs is 6. The third-order valence-electron chi connectivity index (χ3n) is 14.8. The topological polar surface area (TPSA) is 175 Å². The molecule has 7 aromatic rings. The Labute approximate surface area is 414 Å². The molecule has 0 unspecified atom stereocenters. The van der Waals surface area contributed by atoms with Crippen LogP contribution in [-0.2, 0) is 44.1 Å². The molecule has 0 aromatic carbocycles. The highest BCUT2D eigenvalue weighted by Gasteiger charge is 2.34. The molecule has 0 aliphatic carbocycles. The van der Waals surface area contributed by atoms with Gasteiger partial charge in [-0.1, -0.05) is 11.6 Å². The van der Waals surface area contributed by atoms with Gasteiger partial charge in [0.2, 0.25) is 0 Å². The Morgan fingerprint density at radius 1 is 0.761 bits per heavy atom. The van der Waals surface area contributed by atoms with Gasteiger partial charge in [-0.3, -0.25) is 38.3 Å². The van der Waals surface area contributed by atoms with E-state index in [2.05, 4.69) is 46.1 Å². The van der Waals surface area contributed by atoms with E-state index in [4.69, 9.17) is 16.3 Å². The summed E-state index contributed by atoms with van der Waals surface area (Å²) in [4.78, 5) is 83.8. The number of nitrogens with zero attached hydrogens (tertiary/aromatic N) is 10. The molecule has 71 heavy (non-hydrogen) atoms. The van der Waals surface area contributed by atoms with E-state index in [0.29, 0.717) is 76.3 Å². The maximum absolute atomic E-state index is 13.8. The van der Waals surface area contributed by atoms with Gasteiger partial charge in [0, 0.05) is 106 Å². The van der Waals surface area contributed by atoms with Crippen LogP contribution in [0.5, 0.6) is 0 Å². The van der Waals surface area contributed by atoms with Crippen molar-refractivity contribution in [2.45, 2.75) is 77.0 Å².